The molecule has 7 aromatic rings. The van der Waals surface area contributed by atoms with Crippen LogP contribution >= 0.6 is 0 Å². The molecule has 2 aromatic heterocycles. The lowest BCUT2D eigenvalue weighted by Crippen LogP contribution is -2.27. The number of nitrogens with zero attached hydrogens (tertiary/aromatic N) is 2. The van der Waals surface area contributed by atoms with Crippen molar-refractivity contribution < 1.29 is 0 Å². The van der Waals surface area contributed by atoms with Crippen molar-refractivity contribution in [2.75, 3.05) is 0 Å². The summed E-state index contributed by atoms with van der Waals surface area (Å²) < 4.78 is 4.98. The van der Waals surface area contributed by atoms with E-state index < -0.39 is 0 Å². The van der Waals surface area contributed by atoms with Gasteiger partial charge in [0.05, 0.1) is 16.6 Å². The minimum absolute atomic E-state index is 0.0857. The molecule has 2 nitrogen and oxygen atoms in total. The van der Waals surface area contributed by atoms with Gasteiger partial charge in [0.1, 0.15) is 0 Å². The fourth-order valence-electron chi connectivity index (χ4n) is 9.45. The predicted octanol–water partition coefficient (Wildman–Crippen LogP) is 13.4. The van der Waals surface area contributed by atoms with Crippen LogP contribution in [-0.2, 0) is 10.8 Å². The summed E-state index contributed by atoms with van der Waals surface area (Å²) in [6.07, 6.45) is 11.5. The molecule has 258 valence electrons. The summed E-state index contributed by atoms with van der Waals surface area (Å²) in [4.78, 5) is 0. The molecule has 0 saturated carbocycles. The maximum atomic E-state index is 2.49. The molecule has 52 heavy (non-hydrogen) atoms. The Balaban J connectivity index is 1.00. The van der Waals surface area contributed by atoms with E-state index in [9.17, 15) is 0 Å². The minimum Gasteiger partial charge on any atom is -0.313 e. The van der Waals surface area contributed by atoms with Gasteiger partial charge in [0.15, 0.2) is 0 Å². The van der Waals surface area contributed by atoms with E-state index >= 15 is 0 Å². The molecular weight excluding hydrogens is 629 g/mol. The Morgan fingerprint density at radius 1 is 0.519 bits per heavy atom. The van der Waals surface area contributed by atoms with Gasteiger partial charge < -0.3 is 9.13 Å². The van der Waals surface area contributed by atoms with E-state index in [0.29, 0.717) is 11.8 Å². The molecule has 2 unspecified atom stereocenters. The van der Waals surface area contributed by atoms with Crippen molar-refractivity contribution in [1.29, 1.82) is 0 Å². The molecule has 0 aliphatic heterocycles. The van der Waals surface area contributed by atoms with Gasteiger partial charge in [0.25, 0.3) is 0 Å². The lowest BCUT2D eigenvalue weighted by molar-refractivity contribution is 0.515. The van der Waals surface area contributed by atoms with Gasteiger partial charge in [-0.2, -0.15) is 0 Å². The fourth-order valence-corrected chi connectivity index (χ4v) is 9.45. The zero-order valence-corrected chi connectivity index (χ0v) is 31.3. The largest absolute Gasteiger partial charge is 0.313 e. The molecule has 5 aromatic carbocycles. The summed E-state index contributed by atoms with van der Waals surface area (Å²) >= 11 is 0. The van der Waals surface area contributed by atoms with E-state index in [1.165, 1.54) is 77.6 Å². The van der Waals surface area contributed by atoms with Crippen LogP contribution in [0.15, 0.2) is 145 Å². The summed E-state index contributed by atoms with van der Waals surface area (Å²) in [6, 6.07) is 45.3. The average molecular weight is 677 g/mol. The predicted molar refractivity (Wildman–Crippen MR) is 223 cm³/mol. The molecular formula is C50H48N2. The van der Waals surface area contributed by atoms with Crippen molar-refractivity contribution >= 4 is 44.5 Å². The van der Waals surface area contributed by atoms with E-state index in [2.05, 4.69) is 196 Å². The highest BCUT2D eigenvalue weighted by Crippen LogP contribution is 2.44. The number of hydrogen-bond donors (Lipinski definition) is 0. The van der Waals surface area contributed by atoms with Crippen LogP contribution in [0.5, 0.6) is 0 Å². The van der Waals surface area contributed by atoms with Gasteiger partial charge in [-0.3, -0.25) is 0 Å². The molecule has 0 radical (unpaired) electrons. The minimum atomic E-state index is -0.132. The molecule has 2 heteroatoms. The van der Waals surface area contributed by atoms with E-state index in [1.807, 2.05) is 0 Å². The molecule has 2 atom stereocenters. The highest BCUT2D eigenvalue weighted by molar-refractivity contribution is 6.10. The summed E-state index contributed by atoms with van der Waals surface area (Å²) in [5.41, 5.74) is 14.6. The third kappa shape index (κ3) is 4.99. The van der Waals surface area contributed by atoms with Gasteiger partial charge in [-0.15, -0.1) is 0 Å². The Bertz CT molecular complexity index is 2520. The second kappa shape index (κ2) is 12.1. The Hall–Kier alpha value is -5.34. The van der Waals surface area contributed by atoms with Crippen LogP contribution in [-0.4, -0.2) is 9.13 Å². The number of aromatic nitrogens is 2. The number of para-hydroxylation sites is 3. The monoisotopic (exact) mass is 676 g/mol. The maximum absolute atomic E-state index is 2.49. The quantitative estimate of drug-likeness (QED) is 0.166. The van der Waals surface area contributed by atoms with Crippen LogP contribution < -0.4 is 0 Å². The highest BCUT2D eigenvalue weighted by atomic mass is 15.0. The smallest absolute Gasteiger partial charge is 0.0537 e. The first-order chi connectivity index (χ1) is 25.1. The van der Waals surface area contributed by atoms with Crippen molar-refractivity contribution in [3.8, 4) is 5.69 Å². The first kappa shape index (κ1) is 32.6. The Morgan fingerprint density at radius 2 is 1.02 bits per heavy atom. The van der Waals surface area contributed by atoms with Gasteiger partial charge in [0.2, 0.25) is 0 Å². The van der Waals surface area contributed by atoms with Crippen LogP contribution in [0.4, 0.5) is 0 Å². The average Bonchev–Trinajstić information content (AvgIpc) is 3.69. The van der Waals surface area contributed by atoms with E-state index in [-0.39, 0.29) is 10.8 Å². The Labute approximate surface area is 308 Å². The molecule has 0 spiro atoms. The number of rotatable bonds is 6. The molecule has 2 heterocycles. The fraction of sp³-hybridized carbons (Fsp3) is 0.240. The molecule has 0 bridgehead atoms. The number of allylic oxidation sites excluding steroid dienone is 5. The topological polar surface area (TPSA) is 9.86 Å². The van der Waals surface area contributed by atoms with Crippen molar-refractivity contribution in [3.63, 3.8) is 0 Å². The summed E-state index contributed by atoms with van der Waals surface area (Å²) in [5.74, 6) is 0.906. The van der Waals surface area contributed by atoms with E-state index in [0.717, 1.165) is 12.8 Å². The molecule has 2 aliphatic carbocycles. The van der Waals surface area contributed by atoms with Crippen LogP contribution in [0.2, 0.25) is 0 Å². The molecule has 0 amide bonds. The van der Waals surface area contributed by atoms with Gasteiger partial charge in [-0.05, 0) is 71.9 Å². The van der Waals surface area contributed by atoms with Gasteiger partial charge in [-0.1, -0.05) is 156 Å². The van der Waals surface area contributed by atoms with Gasteiger partial charge >= 0.3 is 0 Å². The zero-order valence-electron chi connectivity index (χ0n) is 31.3. The molecule has 2 aliphatic rings. The van der Waals surface area contributed by atoms with Crippen molar-refractivity contribution in [2.24, 2.45) is 5.92 Å². The second-order valence-electron chi connectivity index (χ2n) is 16.3. The normalized spacial score (nSPS) is 17.8. The Morgan fingerprint density at radius 3 is 1.60 bits per heavy atom. The zero-order chi connectivity index (χ0) is 35.8. The third-order valence-corrected chi connectivity index (χ3v) is 12.5. The Kier molecular flexibility index (Phi) is 7.59. The van der Waals surface area contributed by atoms with Crippen molar-refractivity contribution in [3.05, 3.63) is 173 Å². The van der Waals surface area contributed by atoms with E-state index in [4.69, 9.17) is 0 Å². The van der Waals surface area contributed by atoms with E-state index in [1.54, 1.807) is 0 Å². The SMILES string of the molecule is CC1CC(n2c3ccccc3c3ccccc32)=CC=C1C(C)(C)c1ccc(C(C)(C)c2ccc(-n3c4c(c5ccccc53)C=CCC4C)cc2)cc1. The van der Waals surface area contributed by atoms with Crippen LogP contribution in [0.25, 0.3) is 50.2 Å². The molecule has 9 rings (SSSR count). The van der Waals surface area contributed by atoms with Crippen molar-refractivity contribution in [2.45, 2.75) is 71.1 Å². The lowest BCUT2D eigenvalue weighted by atomic mass is 9.69. The molecule has 0 fully saturated rings. The third-order valence-electron chi connectivity index (χ3n) is 12.5. The summed E-state index contributed by atoms with van der Waals surface area (Å²) in [7, 11) is 0. The summed E-state index contributed by atoms with van der Waals surface area (Å²) in [6.45, 7) is 14.3. The first-order valence-electron chi connectivity index (χ1n) is 19.1. The van der Waals surface area contributed by atoms with Crippen LogP contribution in [0.1, 0.15) is 88.2 Å². The number of hydrogen-bond acceptors (Lipinski definition) is 0. The second-order valence-corrected chi connectivity index (χ2v) is 16.3. The van der Waals surface area contributed by atoms with Gasteiger partial charge in [0, 0.05) is 55.5 Å². The van der Waals surface area contributed by atoms with Gasteiger partial charge in [-0.25, -0.2) is 0 Å². The molecule has 0 N–H and O–H groups in total. The first-order valence-corrected chi connectivity index (χ1v) is 19.1. The maximum Gasteiger partial charge on any atom is 0.0537 e. The van der Waals surface area contributed by atoms with Crippen molar-refractivity contribution in [1.82, 2.24) is 9.13 Å². The lowest BCUT2D eigenvalue weighted by Gasteiger charge is -2.36. The van der Waals surface area contributed by atoms with Crippen LogP contribution in [0, 0.1) is 5.92 Å². The highest BCUT2D eigenvalue weighted by Gasteiger charge is 2.33. The standard InChI is InChI=1S/C50H48N2/c1-33-14-13-18-43-42-17-9-12-21-47(42)52(48(33)43)38-28-26-36(27-29-38)49(3,4)35-22-24-37(25-23-35)50(5,6)44-31-30-39(32-34(44)2)51-45-19-10-7-15-40(45)41-16-8-11-20-46(41)51/h7-13,15-31,33-34H,14,32H2,1-6H3. The number of fused-ring (bicyclic) bond motifs is 6. The van der Waals surface area contributed by atoms with Crippen LogP contribution in [0.3, 0.4) is 0 Å². The number of benzene rings is 5. The molecule has 0 saturated heterocycles. The summed E-state index contributed by atoms with van der Waals surface area (Å²) in [5, 5.41) is 3.98.